The molecule has 2 saturated heterocycles. The van der Waals surface area contributed by atoms with E-state index in [1.165, 1.54) is 4.90 Å². The monoisotopic (exact) mass is 306 g/mol. The van der Waals surface area contributed by atoms with Crippen LogP contribution in [0.5, 0.6) is 0 Å². The van der Waals surface area contributed by atoms with E-state index in [0.717, 1.165) is 5.75 Å². The second-order valence-electron chi connectivity index (χ2n) is 4.72. The quantitative estimate of drug-likeness (QED) is 0.757. The van der Waals surface area contributed by atoms with Crippen molar-refractivity contribution < 1.29 is 18.0 Å². The van der Waals surface area contributed by atoms with E-state index in [4.69, 9.17) is 0 Å². The van der Waals surface area contributed by atoms with Crippen LogP contribution in [-0.4, -0.2) is 60.9 Å². The van der Waals surface area contributed by atoms with Gasteiger partial charge in [-0.2, -0.15) is 11.8 Å². The van der Waals surface area contributed by atoms with Gasteiger partial charge in [-0.1, -0.05) is 6.92 Å². The molecule has 0 bridgehead atoms. The van der Waals surface area contributed by atoms with Crippen LogP contribution in [0.25, 0.3) is 0 Å². The van der Waals surface area contributed by atoms with Gasteiger partial charge in [-0.05, 0) is 0 Å². The summed E-state index contributed by atoms with van der Waals surface area (Å²) in [6, 6.07) is 0. The Morgan fingerprint density at radius 3 is 2.84 bits per heavy atom. The van der Waals surface area contributed by atoms with Gasteiger partial charge in [-0.25, -0.2) is 8.42 Å². The van der Waals surface area contributed by atoms with Gasteiger partial charge >= 0.3 is 0 Å². The maximum Gasteiger partial charge on any atom is 0.229 e. The van der Waals surface area contributed by atoms with Crippen LogP contribution in [0, 0.1) is 5.92 Å². The van der Waals surface area contributed by atoms with Crippen molar-refractivity contribution >= 4 is 33.4 Å². The summed E-state index contributed by atoms with van der Waals surface area (Å²) in [5.74, 6) is 0.445. The van der Waals surface area contributed by atoms with Crippen LogP contribution in [0.1, 0.15) is 13.3 Å². The van der Waals surface area contributed by atoms with Crippen molar-refractivity contribution in [1.29, 1.82) is 0 Å². The predicted octanol–water partition coefficient (Wildman–Crippen LogP) is -0.541. The molecule has 0 saturated carbocycles. The van der Waals surface area contributed by atoms with Crippen LogP contribution in [0.4, 0.5) is 0 Å². The lowest BCUT2D eigenvalue weighted by molar-refractivity contribution is -0.136. The molecule has 0 radical (unpaired) electrons. The molecule has 2 unspecified atom stereocenters. The van der Waals surface area contributed by atoms with E-state index < -0.39 is 21.1 Å². The third kappa shape index (κ3) is 3.05. The van der Waals surface area contributed by atoms with Crippen LogP contribution in [-0.2, 0) is 19.4 Å². The maximum atomic E-state index is 12.4. The van der Waals surface area contributed by atoms with Crippen molar-refractivity contribution in [3.63, 3.8) is 0 Å². The van der Waals surface area contributed by atoms with Crippen LogP contribution in [0.3, 0.4) is 0 Å². The van der Waals surface area contributed by atoms with E-state index in [1.54, 1.807) is 18.7 Å². The fourth-order valence-corrected chi connectivity index (χ4v) is 5.31. The first-order valence-corrected chi connectivity index (χ1v) is 9.19. The lowest BCUT2D eigenvalue weighted by Gasteiger charge is -2.36. The lowest BCUT2D eigenvalue weighted by Crippen LogP contribution is -2.52. The average molecular weight is 306 g/mol. The molecule has 1 N–H and O–H groups in total. The molecule has 0 aromatic heterocycles. The highest BCUT2D eigenvalue weighted by Gasteiger charge is 2.40. The Bertz CT molecular complexity index is 477. The minimum atomic E-state index is -3.28. The van der Waals surface area contributed by atoms with Gasteiger partial charge in [0.1, 0.15) is 5.37 Å². The molecule has 2 amide bonds. The molecule has 2 heterocycles. The van der Waals surface area contributed by atoms with Gasteiger partial charge in [0, 0.05) is 36.8 Å². The molecule has 108 valence electrons. The van der Waals surface area contributed by atoms with Crippen molar-refractivity contribution in [2.75, 3.05) is 30.3 Å². The highest BCUT2D eigenvalue weighted by atomic mass is 32.2. The minimum absolute atomic E-state index is 0.0316. The van der Waals surface area contributed by atoms with E-state index >= 15 is 0 Å². The van der Waals surface area contributed by atoms with E-state index in [2.05, 4.69) is 5.32 Å². The standard InChI is InChI=1S/C11H18N2O4S2/c1-2-19(16,17)10-7-18-4-3-13(10)11(15)8-5-9(14)12-6-8/h8,10H,2-7H2,1H3,(H,12,14). The van der Waals surface area contributed by atoms with E-state index in [9.17, 15) is 18.0 Å². The molecule has 2 atom stereocenters. The zero-order valence-corrected chi connectivity index (χ0v) is 12.4. The molecular formula is C11H18N2O4S2. The summed E-state index contributed by atoms with van der Waals surface area (Å²) in [4.78, 5) is 25.0. The van der Waals surface area contributed by atoms with Crippen LogP contribution in [0.15, 0.2) is 0 Å². The summed E-state index contributed by atoms with van der Waals surface area (Å²) < 4.78 is 24.1. The summed E-state index contributed by atoms with van der Waals surface area (Å²) in [5.41, 5.74) is 0. The Morgan fingerprint density at radius 2 is 2.26 bits per heavy atom. The molecule has 8 heteroatoms. The van der Waals surface area contributed by atoms with Gasteiger partial charge in [-0.3, -0.25) is 9.59 Å². The fraction of sp³-hybridized carbons (Fsp3) is 0.818. The number of hydrogen-bond donors (Lipinski definition) is 1. The second-order valence-corrected chi connectivity index (χ2v) is 8.31. The number of hydrogen-bond acceptors (Lipinski definition) is 5. The molecule has 2 fully saturated rings. The molecule has 6 nitrogen and oxygen atoms in total. The minimum Gasteiger partial charge on any atom is -0.355 e. The summed E-state index contributed by atoms with van der Waals surface area (Å²) in [5, 5.41) is 1.88. The van der Waals surface area contributed by atoms with Crippen molar-refractivity contribution in [1.82, 2.24) is 10.2 Å². The van der Waals surface area contributed by atoms with Crippen LogP contribution < -0.4 is 5.32 Å². The Hall–Kier alpha value is -0.760. The molecule has 0 spiro atoms. The van der Waals surface area contributed by atoms with Crippen molar-refractivity contribution in [3.05, 3.63) is 0 Å². The zero-order valence-electron chi connectivity index (χ0n) is 10.8. The molecule has 0 aromatic rings. The summed E-state index contributed by atoms with van der Waals surface area (Å²) in [6.45, 7) is 2.36. The zero-order chi connectivity index (χ0) is 14.0. The van der Waals surface area contributed by atoms with Crippen LogP contribution >= 0.6 is 11.8 Å². The Morgan fingerprint density at radius 1 is 1.53 bits per heavy atom. The number of nitrogens with one attached hydrogen (secondary N) is 1. The van der Waals surface area contributed by atoms with E-state index in [0.29, 0.717) is 18.8 Å². The molecule has 19 heavy (non-hydrogen) atoms. The Balaban J connectivity index is 2.15. The topological polar surface area (TPSA) is 83.6 Å². The average Bonchev–Trinajstić information content (AvgIpc) is 2.84. The van der Waals surface area contributed by atoms with E-state index in [-0.39, 0.29) is 24.0 Å². The SMILES string of the molecule is CCS(=O)(=O)C1CSCCN1C(=O)C1CNC(=O)C1. The maximum absolute atomic E-state index is 12.4. The van der Waals surface area contributed by atoms with Gasteiger partial charge in [-0.15, -0.1) is 0 Å². The van der Waals surface area contributed by atoms with Gasteiger partial charge in [0.25, 0.3) is 0 Å². The Labute approximate surface area is 117 Å². The van der Waals surface area contributed by atoms with Crippen molar-refractivity contribution in [2.24, 2.45) is 5.92 Å². The number of rotatable bonds is 3. The van der Waals surface area contributed by atoms with Crippen molar-refractivity contribution in [2.45, 2.75) is 18.7 Å². The Kier molecular flexibility index (Phi) is 4.39. The number of amides is 2. The molecular weight excluding hydrogens is 288 g/mol. The number of carbonyl (C=O) groups excluding carboxylic acids is 2. The number of nitrogens with zero attached hydrogens (tertiary/aromatic N) is 1. The number of thioether (sulfide) groups is 1. The second kappa shape index (κ2) is 5.70. The summed E-state index contributed by atoms with van der Waals surface area (Å²) >= 11 is 1.55. The third-order valence-electron chi connectivity index (χ3n) is 3.51. The van der Waals surface area contributed by atoms with Gasteiger partial charge < -0.3 is 10.2 Å². The molecule has 2 aliphatic rings. The first kappa shape index (κ1) is 14.6. The van der Waals surface area contributed by atoms with Crippen LogP contribution in [0.2, 0.25) is 0 Å². The largest absolute Gasteiger partial charge is 0.355 e. The van der Waals surface area contributed by atoms with Gasteiger partial charge in [0.2, 0.25) is 11.8 Å². The number of sulfone groups is 1. The predicted molar refractivity (Wildman–Crippen MR) is 73.4 cm³/mol. The molecule has 2 aliphatic heterocycles. The lowest BCUT2D eigenvalue weighted by atomic mass is 10.1. The molecule has 2 rings (SSSR count). The van der Waals surface area contributed by atoms with Gasteiger partial charge in [0.05, 0.1) is 5.92 Å². The first-order valence-electron chi connectivity index (χ1n) is 6.32. The van der Waals surface area contributed by atoms with E-state index in [1.807, 2.05) is 0 Å². The summed E-state index contributed by atoms with van der Waals surface area (Å²) in [7, 11) is -3.28. The highest BCUT2D eigenvalue weighted by Crippen LogP contribution is 2.24. The normalized spacial score (nSPS) is 28.3. The smallest absolute Gasteiger partial charge is 0.229 e. The van der Waals surface area contributed by atoms with Gasteiger partial charge in [0.15, 0.2) is 9.84 Å². The molecule has 0 aliphatic carbocycles. The fourth-order valence-electron chi connectivity index (χ4n) is 2.34. The number of carbonyl (C=O) groups is 2. The first-order chi connectivity index (χ1) is 8.95. The summed E-state index contributed by atoms with van der Waals surface area (Å²) in [6.07, 6.45) is 0.168. The van der Waals surface area contributed by atoms with Crippen molar-refractivity contribution in [3.8, 4) is 0 Å². The third-order valence-corrected chi connectivity index (χ3v) is 6.80. The molecule has 0 aromatic carbocycles. The highest BCUT2D eigenvalue weighted by molar-refractivity contribution is 8.01.